The number of aromatic nitrogens is 2. The minimum absolute atomic E-state index is 0.0194. The summed E-state index contributed by atoms with van der Waals surface area (Å²) in [5.74, 6) is 0.565. The Bertz CT molecular complexity index is 817. The van der Waals surface area contributed by atoms with Gasteiger partial charge in [-0.2, -0.15) is 0 Å². The Kier molecular flexibility index (Phi) is 5.11. The van der Waals surface area contributed by atoms with Crippen LogP contribution in [0.3, 0.4) is 0 Å². The van der Waals surface area contributed by atoms with Crippen molar-refractivity contribution in [1.82, 2.24) is 9.55 Å². The monoisotopic (exact) mass is 357 g/mol. The molecule has 1 atom stereocenters. The Morgan fingerprint density at radius 3 is 2.62 bits per heavy atom. The molecule has 0 fully saturated rings. The van der Waals surface area contributed by atoms with Crippen LogP contribution in [0.4, 0.5) is 5.82 Å². The summed E-state index contributed by atoms with van der Waals surface area (Å²) in [6.07, 6.45) is 7.80. The van der Waals surface area contributed by atoms with Crippen molar-refractivity contribution in [3.63, 3.8) is 0 Å². The van der Waals surface area contributed by atoms with E-state index in [1.165, 1.54) is 16.8 Å². The van der Waals surface area contributed by atoms with Gasteiger partial charge in [-0.15, -0.1) is 0 Å². The number of hydrogen-bond acceptors (Lipinski definition) is 4. The first kappa shape index (κ1) is 18.9. The van der Waals surface area contributed by atoms with Crippen LogP contribution in [0.25, 0.3) is 0 Å². The summed E-state index contributed by atoms with van der Waals surface area (Å²) in [6.45, 7) is 11.3. The van der Waals surface area contributed by atoms with E-state index in [4.69, 9.17) is 4.74 Å². The first-order valence-electron chi connectivity index (χ1n) is 9.67. The largest absolute Gasteiger partial charge is 0.374 e. The number of aryl methyl sites for hydroxylation is 1. The highest BCUT2D eigenvalue weighted by Gasteiger charge is 2.36. The number of methoxy groups -OCH3 is 1. The second-order valence-corrected chi connectivity index (χ2v) is 7.76. The highest BCUT2D eigenvalue weighted by atomic mass is 16.5. The molecule has 0 N–H and O–H groups in total. The van der Waals surface area contributed by atoms with Crippen LogP contribution >= 0.6 is 0 Å². The Morgan fingerprint density at radius 1 is 1.31 bits per heavy atom. The van der Waals surface area contributed by atoms with E-state index in [9.17, 15) is 4.79 Å². The molecule has 3 rings (SSSR count). The first-order valence-corrected chi connectivity index (χ1v) is 9.67. The highest BCUT2D eigenvalue weighted by molar-refractivity contribution is 5.59. The number of hydrogen-bond donors (Lipinski definition) is 0. The van der Waals surface area contributed by atoms with E-state index >= 15 is 0 Å². The molecule has 0 bridgehead atoms. The van der Waals surface area contributed by atoms with Crippen LogP contribution in [0.2, 0.25) is 0 Å². The Hall–Kier alpha value is -1.88. The quantitative estimate of drug-likeness (QED) is 0.795. The maximum absolute atomic E-state index is 13.2. The van der Waals surface area contributed by atoms with Gasteiger partial charge in [0.15, 0.2) is 5.82 Å². The van der Waals surface area contributed by atoms with Gasteiger partial charge in [-0.05, 0) is 57.3 Å². The third-order valence-corrected chi connectivity index (χ3v) is 5.79. The number of nitrogens with zero attached hydrogens (tertiary/aromatic N) is 3. The zero-order valence-electron chi connectivity index (χ0n) is 16.9. The molecular formula is C21H31N3O2. The summed E-state index contributed by atoms with van der Waals surface area (Å²) in [4.78, 5) is 20.0. The van der Waals surface area contributed by atoms with Crippen molar-refractivity contribution >= 4 is 5.82 Å². The molecule has 5 nitrogen and oxygen atoms in total. The molecule has 1 aromatic heterocycles. The van der Waals surface area contributed by atoms with Crippen LogP contribution in [0.15, 0.2) is 33.9 Å². The topological polar surface area (TPSA) is 47.4 Å². The van der Waals surface area contributed by atoms with E-state index in [0.29, 0.717) is 5.82 Å². The normalized spacial score (nSPS) is 22.9. The molecule has 1 aromatic rings. The zero-order valence-corrected chi connectivity index (χ0v) is 16.9. The molecule has 0 saturated carbocycles. The molecule has 0 spiro atoms. The van der Waals surface area contributed by atoms with Crippen molar-refractivity contribution in [2.24, 2.45) is 0 Å². The molecule has 0 amide bonds. The van der Waals surface area contributed by atoms with Crippen molar-refractivity contribution in [3.05, 3.63) is 45.2 Å². The lowest BCUT2D eigenvalue weighted by molar-refractivity contribution is 0.0468. The standard InChI is InChI=1S/C21H31N3O2/c1-7-17(8-2)24-13-15(4)22-19(20(24)25)23-10-9-16-12-21(5,26-6)11-14(3)18(16)23/h11,13,17H,7-10,12H2,1-6H3. The summed E-state index contributed by atoms with van der Waals surface area (Å²) in [7, 11) is 1.76. The predicted octanol–water partition coefficient (Wildman–Crippen LogP) is 4.13. The molecule has 1 aliphatic heterocycles. The van der Waals surface area contributed by atoms with Gasteiger partial charge in [0, 0.05) is 38.0 Å². The van der Waals surface area contributed by atoms with Gasteiger partial charge in [-0.3, -0.25) is 4.79 Å². The average molecular weight is 357 g/mol. The molecule has 26 heavy (non-hydrogen) atoms. The summed E-state index contributed by atoms with van der Waals surface area (Å²) in [5, 5.41) is 0. The smallest absolute Gasteiger partial charge is 0.294 e. The Labute approximate surface area is 156 Å². The van der Waals surface area contributed by atoms with E-state index in [1.54, 1.807) is 7.11 Å². The van der Waals surface area contributed by atoms with Crippen LogP contribution in [0.5, 0.6) is 0 Å². The van der Waals surface area contributed by atoms with Crippen LogP contribution in [-0.4, -0.2) is 28.8 Å². The average Bonchev–Trinajstić information content (AvgIpc) is 3.02. The Balaban J connectivity index is 2.07. The molecule has 2 aliphatic rings. The molecule has 0 radical (unpaired) electrons. The van der Waals surface area contributed by atoms with Crippen LogP contribution in [-0.2, 0) is 4.74 Å². The summed E-state index contributed by atoms with van der Waals surface area (Å²) < 4.78 is 7.60. The molecule has 1 unspecified atom stereocenters. The zero-order chi connectivity index (χ0) is 19.1. The third-order valence-electron chi connectivity index (χ3n) is 5.79. The maximum atomic E-state index is 13.2. The second kappa shape index (κ2) is 7.03. The van der Waals surface area contributed by atoms with E-state index < -0.39 is 0 Å². The van der Waals surface area contributed by atoms with Gasteiger partial charge in [0.05, 0.1) is 11.3 Å². The predicted molar refractivity (Wildman–Crippen MR) is 106 cm³/mol. The van der Waals surface area contributed by atoms with Crippen molar-refractivity contribution in [2.45, 2.75) is 71.9 Å². The minimum atomic E-state index is -0.255. The summed E-state index contributed by atoms with van der Waals surface area (Å²) in [6, 6.07) is 0.221. The fourth-order valence-electron chi connectivity index (χ4n) is 4.42. The fraction of sp³-hybridized carbons (Fsp3) is 0.619. The van der Waals surface area contributed by atoms with Crippen LogP contribution < -0.4 is 10.5 Å². The SMILES string of the molecule is CCC(CC)n1cc(C)nc(N2CCC3=C2C(C)=CC(C)(OC)C3)c1=O. The van der Waals surface area contributed by atoms with E-state index in [-0.39, 0.29) is 17.2 Å². The number of ether oxygens (including phenoxy) is 1. The van der Waals surface area contributed by atoms with E-state index in [2.05, 4.69) is 43.7 Å². The van der Waals surface area contributed by atoms with Gasteiger partial charge in [-0.1, -0.05) is 13.8 Å². The van der Waals surface area contributed by atoms with Crippen molar-refractivity contribution in [2.75, 3.05) is 18.6 Å². The lowest BCUT2D eigenvalue weighted by Gasteiger charge is -2.32. The maximum Gasteiger partial charge on any atom is 0.294 e. The van der Waals surface area contributed by atoms with E-state index in [0.717, 1.165) is 37.9 Å². The number of allylic oxidation sites excluding steroid dienone is 1. The van der Waals surface area contributed by atoms with E-state index in [1.807, 2.05) is 17.7 Å². The molecule has 0 saturated heterocycles. The summed E-state index contributed by atoms with van der Waals surface area (Å²) in [5.41, 5.74) is 4.36. The molecule has 5 heteroatoms. The van der Waals surface area contributed by atoms with Gasteiger partial charge in [0.1, 0.15) is 0 Å². The minimum Gasteiger partial charge on any atom is -0.374 e. The van der Waals surface area contributed by atoms with Gasteiger partial charge >= 0.3 is 0 Å². The number of rotatable bonds is 5. The third kappa shape index (κ3) is 3.13. The molecule has 0 aromatic carbocycles. The highest BCUT2D eigenvalue weighted by Crippen LogP contribution is 2.41. The van der Waals surface area contributed by atoms with Gasteiger partial charge in [-0.25, -0.2) is 4.98 Å². The number of anilines is 1. The van der Waals surface area contributed by atoms with Gasteiger partial charge < -0.3 is 14.2 Å². The van der Waals surface area contributed by atoms with Crippen LogP contribution in [0.1, 0.15) is 65.1 Å². The second-order valence-electron chi connectivity index (χ2n) is 7.76. The Morgan fingerprint density at radius 2 is 2.00 bits per heavy atom. The summed E-state index contributed by atoms with van der Waals surface area (Å²) >= 11 is 0. The fourth-order valence-corrected chi connectivity index (χ4v) is 4.42. The molecule has 142 valence electrons. The van der Waals surface area contributed by atoms with Crippen molar-refractivity contribution < 1.29 is 4.74 Å². The van der Waals surface area contributed by atoms with Gasteiger partial charge in [0.25, 0.3) is 5.56 Å². The van der Waals surface area contributed by atoms with Gasteiger partial charge in [0.2, 0.25) is 0 Å². The van der Waals surface area contributed by atoms with Crippen LogP contribution in [0, 0.1) is 6.92 Å². The lowest BCUT2D eigenvalue weighted by Crippen LogP contribution is -2.35. The molecule has 2 heterocycles. The van der Waals surface area contributed by atoms with Crippen molar-refractivity contribution in [1.29, 1.82) is 0 Å². The molecular weight excluding hydrogens is 326 g/mol. The lowest BCUT2D eigenvalue weighted by atomic mass is 9.86. The molecule has 1 aliphatic carbocycles. The first-order chi connectivity index (χ1) is 12.3. The van der Waals surface area contributed by atoms with Crippen molar-refractivity contribution in [3.8, 4) is 0 Å².